The van der Waals surface area contributed by atoms with E-state index < -0.39 is 0 Å². The Morgan fingerprint density at radius 1 is 0.862 bits per heavy atom. The standard InChI is InChI=1S/C25H19N3O/c1-16-3-6-22(13-17(16)2)25(29)28-24-12-10-21-14-20(9-11-23(21)27-24)19-7-4-18(15-26)5-8-19/h3-14H,1-2H3,(H,27,28,29). The Balaban J connectivity index is 1.58. The summed E-state index contributed by atoms with van der Waals surface area (Å²) in [7, 11) is 0. The van der Waals surface area contributed by atoms with E-state index in [-0.39, 0.29) is 5.91 Å². The van der Waals surface area contributed by atoms with Crippen molar-refractivity contribution in [1.29, 1.82) is 5.26 Å². The first-order chi connectivity index (χ1) is 14.0. The molecule has 0 aliphatic carbocycles. The number of nitrogens with one attached hydrogen (secondary N) is 1. The maximum Gasteiger partial charge on any atom is 0.256 e. The number of aryl methyl sites for hydroxylation is 2. The van der Waals surface area contributed by atoms with Crippen molar-refractivity contribution in [3.8, 4) is 17.2 Å². The van der Waals surface area contributed by atoms with Gasteiger partial charge >= 0.3 is 0 Å². The average molecular weight is 377 g/mol. The fourth-order valence-corrected chi connectivity index (χ4v) is 3.18. The predicted octanol–water partition coefficient (Wildman–Crippen LogP) is 5.64. The van der Waals surface area contributed by atoms with E-state index in [1.807, 2.05) is 80.6 Å². The van der Waals surface area contributed by atoms with Crippen molar-refractivity contribution >= 4 is 22.6 Å². The number of carbonyl (C=O) groups excluding carboxylic acids is 1. The molecule has 0 saturated heterocycles. The molecule has 0 atom stereocenters. The maximum atomic E-state index is 12.5. The lowest BCUT2D eigenvalue weighted by Gasteiger charge is -2.09. The highest BCUT2D eigenvalue weighted by Crippen LogP contribution is 2.25. The number of nitrogens with zero attached hydrogens (tertiary/aromatic N) is 2. The minimum atomic E-state index is -0.172. The predicted molar refractivity (Wildman–Crippen MR) is 116 cm³/mol. The Hall–Kier alpha value is -3.97. The summed E-state index contributed by atoms with van der Waals surface area (Å²) in [6, 6.07) is 25.0. The second-order valence-corrected chi connectivity index (χ2v) is 7.05. The van der Waals surface area contributed by atoms with E-state index in [1.54, 1.807) is 0 Å². The van der Waals surface area contributed by atoms with E-state index in [1.165, 1.54) is 0 Å². The van der Waals surface area contributed by atoms with Gasteiger partial charge in [0.2, 0.25) is 0 Å². The lowest BCUT2D eigenvalue weighted by atomic mass is 10.0. The summed E-state index contributed by atoms with van der Waals surface area (Å²) < 4.78 is 0. The Kier molecular flexibility index (Phi) is 4.80. The molecular formula is C25H19N3O. The monoisotopic (exact) mass is 377 g/mol. The van der Waals surface area contributed by atoms with Gasteiger partial charge in [-0.05, 0) is 84.6 Å². The smallest absolute Gasteiger partial charge is 0.256 e. The van der Waals surface area contributed by atoms with Gasteiger partial charge in [0.05, 0.1) is 17.1 Å². The second-order valence-electron chi connectivity index (χ2n) is 7.05. The van der Waals surface area contributed by atoms with E-state index in [4.69, 9.17) is 5.26 Å². The Morgan fingerprint density at radius 3 is 2.34 bits per heavy atom. The molecule has 1 heterocycles. The molecular weight excluding hydrogens is 358 g/mol. The largest absolute Gasteiger partial charge is 0.307 e. The van der Waals surface area contributed by atoms with Gasteiger partial charge < -0.3 is 5.32 Å². The third-order valence-corrected chi connectivity index (χ3v) is 5.05. The van der Waals surface area contributed by atoms with E-state index in [0.717, 1.165) is 33.2 Å². The molecule has 1 amide bonds. The van der Waals surface area contributed by atoms with Crippen molar-refractivity contribution < 1.29 is 4.79 Å². The highest BCUT2D eigenvalue weighted by Gasteiger charge is 2.09. The van der Waals surface area contributed by atoms with Crippen LogP contribution >= 0.6 is 0 Å². The SMILES string of the molecule is Cc1ccc(C(=O)Nc2ccc3cc(-c4ccc(C#N)cc4)ccc3n2)cc1C. The summed E-state index contributed by atoms with van der Waals surface area (Å²) in [5, 5.41) is 12.8. The van der Waals surface area contributed by atoms with Crippen LogP contribution in [0, 0.1) is 25.2 Å². The number of pyridine rings is 1. The van der Waals surface area contributed by atoms with Crippen molar-refractivity contribution in [2.75, 3.05) is 5.32 Å². The molecule has 140 valence electrons. The van der Waals surface area contributed by atoms with Crippen LogP contribution in [0.5, 0.6) is 0 Å². The number of fused-ring (bicyclic) bond motifs is 1. The summed E-state index contributed by atoms with van der Waals surface area (Å²) in [6.45, 7) is 4.01. The van der Waals surface area contributed by atoms with E-state index in [2.05, 4.69) is 22.4 Å². The molecule has 0 spiro atoms. The highest BCUT2D eigenvalue weighted by molar-refractivity contribution is 6.04. The molecule has 0 radical (unpaired) electrons. The van der Waals surface area contributed by atoms with Gasteiger partial charge in [0, 0.05) is 10.9 Å². The van der Waals surface area contributed by atoms with Crippen LogP contribution in [0.1, 0.15) is 27.0 Å². The number of aromatic nitrogens is 1. The number of anilines is 1. The van der Waals surface area contributed by atoms with Crippen LogP contribution in [0.2, 0.25) is 0 Å². The third kappa shape index (κ3) is 3.85. The first kappa shape index (κ1) is 18.4. The normalized spacial score (nSPS) is 10.5. The van der Waals surface area contributed by atoms with Crippen molar-refractivity contribution in [3.05, 3.63) is 95.1 Å². The highest BCUT2D eigenvalue weighted by atomic mass is 16.1. The molecule has 1 N–H and O–H groups in total. The second kappa shape index (κ2) is 7.57. The number of carbonyl (C=O) groups is 1. The van der Waals surface area contributed by atoms with E-state index in [0.29, 0.717) is 16.9 Å². The van der Waals surface area contributed by atoms with E-state index >= 15 is 0 Å². The maximum absolute atomic E-state index is 12.5. The zero-order chi connectivity index (χ0) is 20.4. The van der Waals surface area contributed by atoms with Crippen LogP contribution in [-0.2, 0) is 0 Å². The quantitative estimate of drug-likeness (QED) is 0.502. The van der Waals surface area contributed by atoms with Crippen LogP contribution in [0.3, 0.4) is 0 Å². The zero-order valence-corrected chi connectivity index (χ0v) is 16.2. The lowest BCUT2D eigenvalue weighted by molar-refractivity contribution is 0.102. The molecule has 4 rings (SSSR count). The Bertz CT molecular complexity index is 1270. The summed E-state index contributed by atoms with van der Waals surface area (Å²) in [5.41, 5.74) is 6.39. The molecule has 0 fully saturated rings. The number of hydrogen-bond donors (Lipinski definition) is 1. The fourth-order valence-electron chi connectivity index (χ4n) is 3.18. The number of amides is 1. The molecule has 0 saturated carbocycles. The molecule has 0 unspecified atom stereocenters. The molecule has 0 bridgehead atoms. The van der Waals surface area contributed by atoms with E-state index in [9.17, 15) is 4.79 Å². The summed E-state index contributed by atoms with van der Waals surface area (Å²) in [5.74, 6) is 0.348. The van der Waals surface area contributed by atoms with Crippen LogP contribution in [0.25, 0.3) is 22.0 Å². The fraction of sp³-hybridized carbons (Fsp3) is 0.0800. The van der Waals surface area contributed by atoms with Gasteiger partial charge in [0.25, 0.3) is 5.91 Å². The first-order valence-electron chi connectivity index (χ1n) is 9.33. The molecule has 29 heavy (non-hydrogen) atoms. The average Bonchev–Trinajstić information content (AvgIpc) is 2.75. The van der Waals surface area contributed by atoms with Crippen molar-refractivity contribution in [2.24, 2.45) is 0 Å². The van der Waals surface area contributed by atoms with Crippen LogP contribution in [0.4, 0.5) is 5.82 Å². The molecule has 4 aromatic rings. The number of hydrogen-bond acceptors (Lipinski definition) is 3. The van der Waals surface area contributed by atoms with Gasteiger partial charge in [-0.2, -0.15) is 5.26 Å². The lowest BCUT2D eigenvalue weighted by Crippen LogP contribution is -2.13. The van der Waals surface area contributed by atoms with Crippen LogP contribution in [-0.4, -0.2) is 10.9 Å². The molecule has 4 heteroatoms. The van der Waals surface area contributed by atoms with Crippen molar-refractivity contribution in [2.45, 2.75) is 13.8 Å². The van der Waals surface area contributed by atoms with Gasteiger partial charge in [-0.25, -0.2) is 4.98 Å². The topological polar surface area (TPSA) is 65.8 Å². The zero-order valence-electron chi connectivity index (χ0n) is 16.2. The van der Waals surface area contributed by atoms with Crippen molar-refractivity contribution in [3.63, 3.8) is 0 Å². The third-order valence-electron chi connectivity index (χ3n) is 5.05. The summed E-state index contributed by atoms with van der Waals surface area (Å²) >= 11 is 0. The Morgan fingerprint density at radius 2 is 1.62 bits per heavy atom. The molecule has 3 aromatic carbocycles. The number of nitriles is 1. The number of benzene rings is 3. The van der Waals surface area contributed by atoms with Gasteiger partial charge in [0.15, 0.2) is 0 Å². The van der Waals surface area contributed by atoms with Gasteiger partial charge in [-0.3, -0.25) is 4.79 Å². The summed E-state index contributed by atoms with van der Waals surface area (Å²) in [4.78, 5) is 17.1. The minimum Gasteiger partial charge on any atom is -0.307 e. The molecule has 0 aliphatic rings. The molecule has 0 aliphatic heterocycles. The van der Waals surface area contributed by atoms with Gasteiger partial charge in [0.1, 0.15) is 5.82 Å². The number of rotatable bonds is 3. The van der Waals surface area contributed by atoms with Crippen LogP contribution in [0.15, 0.2) is 72.8 Å². The Labute approximate surface area is 169 Å². The summed E-state index contributed by atoms with van der Waals surface area (Å²) in [6.07, 6.45) is 0. The van der Waals surface area contributed by atoms with Gasteiger partial charge in [-0.15, -0.1) is 0 Å². The van der Waals surface area contributed by atoms with Crippen LogP contribution < -0.4 is 5.32 Å². The minimum absolute atomic E-state index is 0.172. The molecule has 1 aromatic heterocycles. The molecule has 4 nitrogen and oxygen atoms in total. The first-order valence-corrected chi connectivity index (χ1v) is 9.33. The van der Waals surface area contributed by atoms with Crippen molar-refractivity contribution in [1.82, 2.24) is 4.98 Å². The van der Waals surface area contributed by atoms with Gasteiger partial charge in [-0.1, -0.05) is 24.3 Å².